The van der Waals surface area contributed by atoms with Crippen molar-refractivity contribution in [3.63, 3.8) is 0 Å². The zero-order chi connectivity index (χ0) is 17.5. The Kier molecular flexibility index (Phi) is 3.54. The summed E-state index contributed by atoms with van der Waals surface area (Å²) in [5.41, 5.74) is 5.77. The lowest BCUT2D eigenvalue weighted by Gasteiger charge is -2.64. The topological polar surface area (TPSA) is 64.7 Å². The minimum Gasteiger partial charge on any atom is -0.389 e. The van der Waals surface area contributed by atoms with Crippen molar-refractivity contribution in [3.8, 4) is 0 Å². The van der Waals surface area contributed by atoms with Crippen LogP contribution in [0.4, 0.5) is 0 Å². The number of ether oxygens (including phenoxy) is 2. The summed E-state index contributed by atoms with van der Waals surface area (Å²) >= 11 is 0. The number of rotatable bonds is 0. The number of aliphatic hydroxyl groups is 1. The largest absolute Gasteiger partial charge is 0.389 e. The molecule has 1 aliphatic heterocycles. The van der Waals surface area contributed by atoms with Gasteiger partial charge in [0.05, 0.1) is 24.2 Å². The number of nitrogens with two attached hydrogens (primary N) is 1. The molecule has 1 heterocycles. The van der Waals surface area contributed by atoms with Crippen LogP contribution in [0.15, 0.2) is 0 Å². The third kappa shape index (κ3) is 1.93. The van der Waals surface area contributed by atoms with Gasteiger partial charge in [0.25, 0.3) is 0 Å². The highest BCUT2D eigenvalue weighted by molar-refractivity contribution is 5.20. The minimum atomic E-state index is -0.631. The van der Waals surface area contributed by atoms with Gasteiger partial charge in [-0.15, -0.1) is 0 Å². The molecule has 1 saturated heterocycles. The van der Waals surface area contributed by atoms with Crippen molar-refractivity contribution >= 4 is 0 Å². The highest BCUT2D eigenvalue weighted by atomic mass is 16.7. The van der Waals surface area contributed by atoms with Gasteiger partial charge in [0.1, 0.15) is 0 Å². The van der Waals surface area contributed by atoms with Gasteiger partial charge in [-0.05, 0) is 74.5 Å². The number of hydrogen-bond donors (Lipinski definition) is 2. The molecule has 5 aliphatic rings. The van der Waals surface area contributed by atoms with E-state index in [-0.39, 0.29) is 5.41 Å². The van der Waals surface area contributed by atoms with Gasteiger partial charge in [0, 0.05) is 12.5 Å². The highest BCUT2D eigenvalue weighted by Crippen LogP contribution is 2.70. The Bertz CT molecular complexity index is 561. The van der Waals surface area contributed by atoms with E-state index < -0.39 is 11.4 Å². The first-order chi connectivity index (χ1) is 11.8. The Morgan fingerprint density at radius 1 is 0.880 bits per heavy atom. The molecule has 25 heavy (non-hydrogen) atoms. The highest BCUT2D eigenvalue weighted by Gasteiger charge is 2.73. The summed E-state index contributed by atoms with van der Waals surface area (Å²) < 4.78 is 12.3. The maximum atomic E-state index is 12.1. The summed E-state index contributed by atoms with van der Waals surface area (Å²) in [6.45, 7) is 6.13. The molecule has 3 N–H and O–H groups in total. The fourth-order valence-electron chi connectivity index (χ4n) is 8.13. The smallest absolute Gasteiger partial charge is 0.176 e. The Morgan fingerprint density at radius 3 is 2.40 bits per heavy atom. The normalized spacial score (nSPS) is 57.1. The van der Waals surface area contributed by atoms with Crippen molar-refractivity contribution in [1.29, 1.82) is 0 Å². The van der Waals surface area contributed by atoms with Crippen LogP contribution in [-0.2, 0) is 9.47 Å². The van der Waals surface area contributed by atoms with Gasteiger partial charge < -0.3 is 20.3 Å². The second-order valence-electron chi connectivity index (χ2n) is 10.3. The van der Waals surface area contributed by atoms with Crippen molar-refractivity contribution < 1.29 is 14.6 Å². The lowest BCUT2D eigenvalue weighted by molar-refractivity contribution is -0.289. The number of fused-ring (bicyclic) bond motifs is 6. The lowest BCUT2D eigenvalue weighted by Crippen LogP contribution is -2.65. The monoisotopic (exact) mass is 349 g/mol. The lowest BCUT2D eigenvalue weighted by atomic mass is 9.43. The molecule has 0 aromatic heterocycles. The second kappa shape index (κ2) is 5.21. The van der Waals surface area contributed by atoms with Crippen LogP contribution in [0.5, 0.6) is 0 Å². The minimum absolute atomic E-state index is 0.258. The first-order valence-electron chi connectivity index (χ1n) is 10.6. The maximum Gasteiger partial charge on any atom is 0.176 e. The van der Waals surface area contributed by atoms with Crippen LogP contribution in [0, 0.1) is 28.6 Å². The molecule has 7 atom stereocenters. The van der Waals surface area contributed by atoms with E-state index in [4.69, 9.17) is 15.2 Å². The van der Waals surface area contributed by atoms with Crippen molar-refractivity contribution in [2.75, 3.05) is 13.2 Å². The molecule has 0 radical (unpaired) electrons. The standard InChI is InChI=1S/C21H35NO3/c1-18-7-5-15(22)13-14(18)3-4-17-16(18)6-8-19(2)20(17,23)9-10-21(19)24-11-12-25-21/h14-17,23H,3-13,22H2,1-2H3/t14?,15-,16?,17+,18-,19-,20+/m0/s1. The molecule has 0 amide bonds. The van der Waals surface area contributed by atoms with Crippen LogP contribution in [0.1, 0.15) is 71.6 Å². The maximum absolute atomic E-state index is 12.1. The first-order valence-corrected chi connectivity index (χ1v) is 10.6. The zero-order valence-electron chi connectivity index (χ0n) is 15.9. The van der Waals surface area contributed by atoms with E-state index in [1.54, 1.807) is 0 Å². The van der Waals surface area contributed by atoms with Crippen molar-refractivity contribution in [2.24, 2.45) is 34.3 Å². The third-order valence-corrected chi connectivity index (χ3v) is 9.69. The fourth-order valence-corrected chi connectivity index (χ4v) is 8.13. The molecule has 2 unspecified atom stereocenters. The summed E-state index contributed by atoms with van der Waals surface area (Å²) in [6, 6.07) is 0.390. The Hall–Kier alpha value is -0.160. The van der Waals surface area contributed by atoms with Crippen LogP contribution in [0.3, 0.4) is 0 Å². The number of hydrogen-bond acceptors (Lipinski definition) is 4. The molecular formula is C21H35NO3. The predicted molar refractivity (Wildman–Crippen MR) is 95.8 cm³/mol. The Balaban J connectivity index is 1.50. The van der Waals surface area contributed by atoms with Crippen molar-refractivity contribution in [2.45, 2.75) is 89.1 Å². The van der Waals surface area contributed by atoms with E-state index in [9.17, 15) is 5.11 Å². The SMILES string of the molecule is C[C@]12CC[C@H](N)CC1CC[C@@H]1C2CC[C@]2(C)C3(CC[C@@]12O)OCCO3. The molecule has 4 heteroatoms. The van der Waals surface area contributed by atoms with E-state index in [1.807, 2.05) is 0 Å². The summed E-state index contributed by atoms with van der Waals surface area (Å²) in [5, 5.41) is 12.1. The van der Waals surface area contributed by atoms with E-state index in [1.165, 1.54) is 25.7 Å². The second-order valence-corrected chi connectivity index (χ2v) is 10.3. The average Bonchev–Trinajstić information content (AvgIpc) is 3.15. The average molecular weight is 350 g/mol. The summed E-state index contributed by atoms with van der Waals surface area (Å²) in [4.78, 5) is 0. The molecule has 4 saturated carbocycles. The summed E-state index contributed by atoms with van der Waals surface area (Å²) in [7, 11) is 0. The van der Waals surface area contributed by atoms with Gasteiger partial charge in [-0.2, -0.15) is 0 Å². The molecule has 0 aromatic rings. The van der Waals surface area contributed by atoms with Crippen LogP contribution in [-0.4, -0.2) is 35.8 Å². The van der Waals surface area contributed by atoms with Crippen LogP contribution in [0.25, 0.3) is 0 Å². The fraction of sp³-hybridized carbons (Fsp3) is 1.00. The third-order valence-electron chi connectivity index (χ3n) is 9.69. The van der Waals surface area contributed by atoms with Crippen molar-refractivity contribution in [3.05, 3.63) is 0 Å². The summed E-state index contributed by atoms with van der Waals surface area (Å²) in [6.07, 6.45) is 9.90. The van der Waals surface area contributed by atoms with Crippen molar-refractivity contribution in [1.82, 2.24) is 0 Å². The molecule has 4 aliphatic carbocycles. The molecular weight excluding hydrogens is 314 g/mol. The van der Waals surface area contributed by atoms with E-state index in [0.717, 1.165) is 38.0 Å². The van der Waals surface area contributed by atoms with Gasteiger partial charge in [-0.3, -0.25) is 0 Å². The van der Waals surface area contributed by atoms with Gasteiger partial charge in [0.2, 0.25) is 0 Å². The molecule has 5 rings (SSSR count). The summed E-state index contributed by atoms with van der Waals surface area (Å²) in [5.74, 6) is 1.25. The predicted octanol–water partition coefficient (Wildman–Crippen LogP) is 3.21. The molecule has 0 aromatic carbocycles. The van der Waals surface area contributed by atoms with E-state index in [2.05, 4.69) is 13.8 Å². The van der Waals surface area contributed by atoms with Crippen LogP contribution < -0.4 is 5.73 Å². The van der Waals surface area contributed by atoms with E-state index in [0.29, 0.717) is 36.5 Å². The van der Waals surface area contributed by atoms with Gasteiger partial charge in [-0.25, -0.2) is 0 Å². The first kappa shape index (κ1) is 17.0. The Morgan fingerprint density at radius 2 is 1.64 bits per heavy atom. The molecule has 0 bridgehead atoms. The molecule has 1 spiro atoms. The van der Waals surface area contributed by atoms with Gasteiger partial charge in [-0.1, -0.05) is 13.8 Å². The zero-order valence-corrected chi connectivity index (χ0v) is 15.9. The van der Waals surface area contributed by atoms with Crippen LogP contribution >= 0.6 is 0 Å². The van der Waals surface area contributed by atoms with Gasteiger partial charge >= 0.3 is 0 Å². The van der Waals surface area contributed by atoms with E-state index >= 15 is 0 Å². The Labute approximate surface area is 151 Å². The molecule has 142 valence electrons. The molecule has 4 nitrogen and oxygen atoms in total. The molecule has 5 fully saturated rings. The van der Waals surface area contributed by atoms with Crippen LogP contribution in [0.2, 0.25) is 0 Å². The quantitative estimate of drug-likeness (QED) is 0.705. The van der Waals surface area contributed by atoms with Gasteiger partial charge in [0.15, 0.2) is 5.79 Å².